The number of hydrogen-bond donors (Lipinski definition) is 3. The van der Waals surface area contributed by atoms with Crippen molar-refractivity contribution < 1.29 is 8.42 Å². The fourth-order valence-corrected chi connectivity index (χ4v) is 4.53. The molecule has 2 aromatic heterocycles. The van der Waals surface area contributed by atoms with Crippen LogP contribution in [-0.4, -0.2) is 41.0 Å². The molecule has 10 heteroatoms. The predicted octanol–water partition coefficient (Wildman–Crippen LogP) is 3.77. The maximum atomic E-state index is 12.5. The Morgan fingerprint density at radius 2 is 1.73 bits per heavy atom. The van der Waals surface area contributed by atoms with Gasteiger partial charge in [-0.05, 0) is 70.5 Å². The molecular formula is C23H33N7O2S. The van der Waals surface area contributed by atoms with Crippen molar-refractivity contribution in [2.75, 3.05) is 18.4 Å². The highest BCUT2D eigenvalue weighted by Crippen LogP contribution is 2.22. The lowest BCUT2D eigenvalue weighted by atomic mass is 10.2. The molecule has 0 aliphatic heterocycles. The van der Waals surface area contributed by atoms with E-state index in [2.05, 4.69) is 43.4 Å². The second-order valence-corrected chi connectivity index (χ2v) is 9.96. The van der Waals surface area contributed by atoms with E-state index < -0.39 is 10.0 Å². The number of aryl methyl sites for hydroxylation is 1. The van der Waals surface area contributed by atoms with Crippen LogP contribution in [-0.2, 0) is 10.0 Å². The molecular weight excluding hydrogens is 438 g/mol. The van der Waals surface area contributed by atoms with Gasteiger partial charge in [-0.1, -0.05) is 12.8 Å². The van der Waals surface area contributed by atoms with Gasteiger partial charge in [-0.25, -0.2) is 28.1 Å². The number of nitrogens with zero attached hydrogens (tertiary/aromatic N) is 4. The summed E-state index contributed by atoms with van der Waals surface area (Å²) in [6.45, 7) is 7.27. The smallest absolute Gasteiger partial charge is 0.240 e. The van der Waals surface area contributed by atoms with Crippen LogP contribution in [0.25, 0.3) is 11.4 Å². The topological polar surface area (TPSA) is 128 Å². The lowest BCUT2D eigenvalue weighted by Gasteiger charge is -2.09. The van der Waals surface area contributed by atoms with E-state index in [1.54, 1.807) is 30.5 Å². The number of aromatic nitrogens is 4. The van der Waals surface area contributed by atoms with Gasteiger partial charge in [0.1, 0.15) is 11.5 Å². The molecule has 0 aliphatic carbocycles. The molecule has 178 valence electrons. The Balaban J connectivity index is 1.63. The summed E-state index contributed by atoms with van der Waals surface area (Å²) < 4.78 is 29.7. The number of anilines is 2. The normalized spacial score (nSPS) is 11.8. The van der Waals surface area contributed by atoms with E-state index in [1.807, 2.05) is 19.2 Å². The molecule has 0 spiro atoms. The highest BCUT2D eigenvalue weighted by atomic mass is 32.2. The highest BCUT2D eigenvalue weighted by molar-refractivity contribution is 7.89. The summed E-state index contributed by atoms with van der Waals surface area (Å²) in [6.07, 6.45) is 7.39. The summed E-state index contributed by atoms with van der Waals surface area (Å²) >= 11 is 0. The lowest BCUT2D eigenvalue weighted by molar-refractivity contribution is 0.572. The minimum absolute atomic E-state index is 0.222. The second kappa shape index (κ2) is 11.4. The van der Waals surface area contributed by atoms with Crippen molar-refractivity contribution in [1.29, 1.82) is 0 Å². The van der Waals surface area contributed by atoms with Crippen molar-refractivity contribution >= 4 is 21.7 Å². The molecule has 2 heterocycles. The van der Waals surface area contributed by atoms with Gasteiger partial charge in [0.05, 0.1) is 10.6 Å². The van der Waals surface area contributed by atoms with Gasteiger partial charge in [0.2, 0.25) is 16.0 Å². The van der Waals surface area contributed by atoms with E-state index in [4.69, 9.17) is 5.73 Å². The molecule has 4 N–H and O–H groups in total. The van der Waals surface area contributed by atoms with Gasteiger partial charge in [0, 0.05) is 30.7 Å². The zero-order valence-corrected chi connectivity index (χ0v) is 20.3. The molecule has 3 rings (SSSR count). The van der Waals surface area contributed by atoms with E-state index in [9.17, 15) is 8.42 Å². The van der Waals surface area contributed by atoms with Gasteiger partial charge < -0.3 is 15.6 Å². The first-order valence-corrected chi connectivity index (χ1v) is 12.7. The summed E-state index contributed by atoms with van der Waals surface area (Å²) in [5, 5.41) is 3.13. The zero-order valence-electron chi connectivity index (χ0n) is 19.5. The number of rotatable bonds is 12. The maximum absolute atomic E-state index is 12.5. The average molecular weight is 472 g/mol. The van der Waals surface area contributed by atoms with E-state index >= 15 is 0 Å². The summed E-state index contributed by atoms with van der Waals surface area (Å²) in [5.41, 5.74) is 7.66. The molecule has 0 unspecified atom stereocenters. The summed E-state index contributed by atoms with van der Waals surface area (Å²) in [4.78, 5) is 13.7. The molecule has 1 aromatic carbocycles. The first-order valence-electron chi connectivity index (χ1n) is 11.3. The molecule has 33 heavy (non-hydrogen) atoms. The van der Waals surface area contributed by atoms with Crippen molar-refractivity contribution in [2.24, 2.45) is 5.73 Å². The molecule has 0 amide bonds. The highest BCUT2D eigenvalue weighted by Gasteiger charge is 2.14. The van der Waals surface area contributed by atoms with Gasteiger partial charge >= 0.3 is 0 Å². The SMILES string of the molecule is Cc1nc(-c2ccnc(Nc3ccc(S(=O)(=O)NCCCCCCN)cc3)n2)cn1C(C)C. The molecule has 0 atom stereocenters. The Labute approximate surface area is 195 Å². The van der Waals surface area contributed by atoms with Crippen molar-refractivity contribution in [3.63, 3.8) is 0 Å². The number of benzene rings is 1. The van der Waals surface area contributed by atoms with Gasteiger partial charge in [-0.2, -0.15) is 0 Å². The van der Waals surface area contributed by atoms with E-state index in [0.717, 1.165) is 37.2 Å². The first kappa shape index (κ1) is 24.8. The zero-order chi connectivity index (χ0) is 23.8. The average Bonchev–Trinajstić information content (AvgIpc) is 3.19. The van der Waals surface area contributed by atoms with Gasteiger partial charge in [-0.15, -0.1) is 0 Å². The van der Waals surface area contributed by atoms with Crippen LogP contribution in [0, 0.1) is 6.92 Å². The third-order valence-corrected chi connectivity index (χ3v) is 6.71. The molecule has 0 radical (unpaired) electrons. The molecule has 0 fully saturated rings. The fraction of sp³-hybridized carbons (Fsp3) is 0.435. The molecule has 3 aromatic rings. The van der Waals surface area contributed by atoms with Crippen molar-refractivity contribution in [1.82, 2.24) is 24.2 Å². The monoisotopic (exact) mass is 471 g/mol. The van der Waals surface area contributed by atoms with Crippen LogP contribution in [0.3, 0.4) is 0 Å². The van der Waals surface area contributed by atoms with E-state index in [0.29, 0.717) is 36.5 Å². The Bertz CT molecular complexity index is 1140. The van der Waals surface area contributed by atoms with Gasteiger partial charge in [-0.3, -0.25) is 0 Å². The number of imidazole rings is 1. The van der Waals surface area contributed by atoms with Crippen LogP contribution in [0.1, 0.15) is 51.4 Å². The quantitative estimate of drug-likeness (QED) is 0.343. The Morgan fingerprint density at radius 3 is 2.39 bits per heavy atom. The summed E-state index contributed by atoms with van der Waals surface area (Å²) in [7, 11) is -3.54. The van der Waals surface area contributed by atoms with Crippen LogP contribution >= 0.6 is 0 Å². The van der Waals surface area contributed by atoms with Crippen molar-refractivity contribution in [3.05, 3.63) is 48.5 Å². The fourth-order valence-electron chi connectivity index (χ4n) is 3.45. The lowest BCUT2D eigenvalue weighted by Crippen LogP contribution is -2.24. The van der Waals surface area contributed by atoms with E-state index in [-0.39, 0.29) is 4.90 Å². The standard InChI is InChI=1S/C23H33N7O2S/c1-17(2)30-16-22(27-18(30)3)21-12-15-25-23(29-21)28-19-8-10-20(11-9-19)33(31,32)26-14-7-5-4-6-13-24/h8-12,15-17,26H,4-7,13-14,24H2,1-3H3,(H,25,28,29). The van der Waals surface area contributed by atoms with Crippen LogP contribution in [0.2, 0.25) is 0 Å². The minimum Gasteiger partial charge on any atom is -0.332 e. The number of nitrogens with one attached hydrogen (secondary N) is 2. The Kier molecular flexibility index (Phi) is 8.54. The molecule has 0 aliphatic rings. The minimum atomic E-state index is -3.54. The predicted molar refractivity (Wildman–Crippen MR) is 131 cm³/mol. The molecule has 9 nitrogen and oxygen atoms in total. The second-order valence-electron chi connectivity index (χ2n) is 8.19. The number of hydrogen-bond acceptors (Lipinski definition) is 7. The number of sulfonamides is 1. The van der Waals surface area contributed by atoms with Crippen LogP contribution in [0.15, 0.2) is 47.6 Å². The molecule has 0 bridgehead atoms. The van der Waals surface area contributed by atoms with Crippen LogP contribution in [0.4, 0.5) is 11.6 Å². The van der Waals surface area contributed by atoms with E-state index in [1.165, 1.54) is 0 Å². The summed E-state index contributed by atoms with van der Waals surface area (Å²) in [5.74, 6) is 1.34. The van der Waals surface area contributed by atoms with Crippen LogP contribution in [0.5, 0.6) is 0 Å². The Morgan fingerprint density at radius 1 is 1.00 bits per heavy atom. The first-order chi connectivity index (χ1) is 15.8. The largest absolute Gasteiger partial charge is 0.332 e. The third kappa shape index (κ3) is 6.83. The van der Waals surface area contributed by atoms with Crippen molar-refractivity contribution in [3.8, 4) is 11.4 Å². The van der Waals surface area contributed by atoms with Gasteiger partial charge in [0.25, 0.3) is 0 Å². The van der Waals surface area contributed by atoms with Crippen LogP contribution < -0.4 is 15.8 Å². The molecule has 0 saturated heterocycles. The molecule has 0 saturated carbocycles. The Hall–Kier alpha value is -2.82. The summed E-state index contributed by atoms with van der Waals surface area (Å²) in [6, 6.07) is 8.65. The van der Waals surface area contributed by atoms with Crippen molar-refractivity contribution in [2.45, 2.75) is 57.4 Å². The number of nitrogens with two attached hydrogens (primary N) is 1. The number of unbranched alkanes of at least 4 members (excludes halogenated alkanes) is 3. The third-order valence-electron chi connectivity index (χ3n) is 5.24. The van der Waals surface area contributed by atoms with Gasteiger partial charge in [0.15, 0.2) is 0 Å². The maximum Gasteiger partial charge on any atom is 0.240 e.